The van der Waals surface area contributed by atoms with Gasteiger partial charge in [-0.05, 0) is 49.1 Å². The molecule has 1 saturated carbocycles. The molecular weight excluding hydrogens is 350 g/mol. The third kappa shape index (κ3) is 4.15. The van der Waals surface area contributed by atoms with E-state index in [1.807, 2.05) is 43.3 Å². The number of hydrogen-bond acceptors (Lipinski definition) is 3. The van der Waals surface area contributed by atoms with E-state index in [9.17, 15) is 9.90 Å². The third-order valence-electron chi connectivity index (χ3n) is 5.12. The first-order chi connectivity index (χ1) is 13.6. The predicted octanol–water partition coefficient (Wildman–Crippen LogP) is 4.67. The van der Waals surface area contributed by atoms with Gasteiger partial charge in [0, 0.05) is 29.1 Å². The summed E-state index contributed by atoms with van der Waals surface area (Å²) in [5.74, 6) is 0.549. The summed E-state index contributed by atoms with van der Waals surface area (Å²) in [7, 11) is 0. The molecule has 4 rings (SSSR count). The summed E-state index contributed by atoms with van der Waals surface area (Å²) in [6.45, 7) is 2.11. The first-order valence-corrected chi connectivity index (χ1v) is 9.87. The van der Waals surface area contributed by atoms with Crippen molar-refractivity contribution in [2.24, 2.45) is 0 Å². The minimum atomic E-state index is -0.527. The van der Waals surface area contributed by atoms with E-state index in [4.69, 9.17) is 4.98 Å². The van der Waals surface area contributed by atoms with Crippen LogP contribution in [0.5, 0.6) is 0 Å². The lowest BCUT2D eigenvalue weighted by molar-refractivity contribution is 0.168. The van der Waals surface area contributed by atoms with Crippen molar-refractivity contribution < 1.29 is 9.90 Å². The second-order valence-electron chi connectivity index (χ2n) is 7.37. The maximum Gasteiger partial charge on any atom is 0.319 e. The molecule has 5 nitrogen and oxygen atoms in total. The zero-order valence-electron chi connectivity index (χ0n) is 16.0. The van der Waals surface area contributed by atoms with E-state index < -0.39 is 6.10 Å². The number of urea groups is 1. The molecule has 1 aliphatic rings. The fourth-order valence-corrected chi connectivity index (χ4v) is 3.32. The number of aliphatic hydroxyl groups is 1. The highest BCUT2D eigenvalue weighted by Gasteiger charge is 2.28. The Labute approximate surface area is 164 Å². The van der Waals surface area contributed by atoms with Crippen molar-refractivity contribution >= 4 is 22.6 Å². The van der Waals surface area contributed by atoms with Gasteiger partial charge in [0.15, 0.2) is 0 Å². The van der Waals surface area contributed by atoms with Crippen molar-refractivity contribution in [3.05, 3.63) is 60.3 Å². The highest BCUT2D eigenvalue weighted by atomic mass is 16.3. The lowest BCUT2D eigenvalue weighted by Gasteiger charge is -2.13. The van der Waals surface area contributed by atoms with E-state index in [0.29, 0.717) is 18.0 Å². The fraction of sp³-hybridized carbons (Fsp3) is 0.304. The second-order valence-corrected chi connectivity index (χ2v) is 7.37. The van der Waals surface area contributed by atoms with Crippen molar-refractivity contribution in [1.82, 2.24) is 10.3 Å². The average Bonchev–Trinajstić information content (AvgIpc) is 3.57. The Morgan fingerprint density at radius 1 is 1.18 bits per heavy atom. The van der Waals surface area contributed by atoms with Crippen LogP contribution in [0, 0.1) is 0 Å². The molecule has 3 N–H and O–H groups in total. The van der Waals surface area contributed by atoms with Crippen molar-refractivity contribution in [3.63, 3.8) is 0 Å². The summed E-state index contributed by atoms with van der Waals surface area (Å²) >= 11 is 0. The summed E-state index contributed by atoms with van der Waals surface area (Å²) in [4.78, 5) is 17.0. The molecule has 1 heterocycles. The van der Waals surface area contributed by atoms with Crippen LogP contribution in [0.1, 0.15) is 37.8 Å². The van der Waals surface area contributed by atoms with Crippen LogP contribution in [0.3, 0.4) is 0 Å². The molecule has 1 fully saturated rings. The van der Waals surface area contributed by atoms with Gasteiger partial charge in [-0.25, -0.2) is 4.79 Å². The molecule has 1 aromatic heterocycles. The minimum Gasteiger partial charge on any atom is -0.391 e. The van der Waals surface area contributed by atoms with E-state index in [1.54, 1.807) is 0 Å². The van der Waals surface area contributed by atoms with Crippen molar-refractivity contribution in [1.29, 1.82) is 0 Å². The number of nitrogens with one attached hydrogen (secondary N) is 2. The molecule has 0 radical (unpaired) electrons. The van der Waals surface area contributed by atoms with Gasteiger partial charge >= 0.3 is 6.03 Å². The third-order valence-corrected chi connectivity index (χ3v) is 5.12. The zero-order chi connectivity index (χ0) is 19.5. The van der Waals surface area contributed by atoms with Gasteiger partial charge in [0.25, 0.3) is 0 Å². The van der Waals surface area contributed by atoms with Crippen LogP contribution in [-0.2, 0) is 0 Å². The molecule has 1 aliphatic carbocycles. The van der Waals surface area contributed by atoms with E-state index in [0.717, 1.165) is 10.9 Å². The maximum atomic E-state index is 12.1. The summed E-state index contributed by atoms with van der Waals surface area (Å²) < 4.78 is 0. The molecule has 2 aromatic carbocycles. The summed E-state index contributed by atoms with van der Waals surface area (Å²) in [5.41, 5.74) is 5.15. The van der Waals surface area contributed by atoms with Crippen molar-refractivity contribution in [2.45, 2.75) is 38.2 Å². The fourth-order valence-electron chi connectivity index (χ4n) is 3.32. The minimum absolute atomic E-state index is 0.236. The molecule has 144 valence electrons. The van der Waals surface area contributed by atoms with Crippen LogP contribution in [0.2, 0.25) is 0 Å². The lowest BCUT2D eigenvalue weighted by atomic mass is 9.99. The summed E-state index contributed by atoms with van der Waals surface area (Å²) in [6, 6.07) is 18.0. The Hall–Kier alpha value is -2.92. The van der Waals surface area contributed by atoms with E-state index in [-0.39, 0.29) is 12.6 Å². The first kappa shape index (κ1) is 18.4. The number of benzene rings is 2. The number of amides is 2. The number of rotatable bonds is 6. The van der Waals surface area contributed by atoms with Crippen LogP contribution < -0.4 is 10.6 Å². The van der Waals surface area contributed by atoms with Crippen molar-refractivity contribution in [2.75, 3.05) is 11.9 Å². The summed E-state index contributed by atoms with van der Waals surface area (Å²) in [6.07, 6.45) is 2.47. The predicted molar refractivity (Wildman–Crippen MR) is 112 cm³/mol. The molecule has 0 spiro atoms. The van der Waals surface area contributed by atoms with Gasteiger partial charge in [0.05, 0.1) is 17.3 Å². The normalized spacial score (nSPS) is 14.6. The SMILES string of the molecule is CCC(O)CNC(=O)Nc1ccc2nc(C3CC3)c(-c3ccccc3)cc2c1. The van der Waals surface area contributed by atoms with Gasteiger partial charge in [-0.3, -0.25) is 4.98 Å². The molecule has 28 heavy (non-hydrogen) atoms. The Balaban J connectivity index is 1.62. The van der Waals surface area contributed by atoms with E-state index in [2.05, 4.69) is 28.8 Å². The number of pyridine rings is 1. The number of carbonyl (C=O) groups excluding carboxylic acids is 1. The summed E-state index contributed by atoms with van der Waals surface area (Å²) in [5, 5.41) is 16.1. The molecule has 0 aliphatic heterocycles. The maximum absolute atomic E-state index is 12.1. The number of hydrogen-bond donors (Lipinski definition) is 3. The van der Waals surface area contributed by atoms with E-state index in [1.165, 1.54) is 29.7 Å². The molecule has 5 heteroatoms. The smallest absolute Gasteiger partial charge is 0.319 e. The lowest BCUT2D eigenvalue weighted by Crippen LogP contribution is -2.34. The Morgan fingerprint density at radius 2 is 1.96 bits per heavy atom. The van der Waals surface area contributed by atoms with Crippen LogP contribution in [0.25, 0.3) is 22.0 Å². The van der Waals surface area contributed by atoms with Gasteiger partial charge in [-0.1, -0.05) is 37.3 Å². The molecule has 0 saturated heterocycles. The molecule has 3 aromatic rings. The topological polar surface area (TPSA) is 74.2 Å². The molecule has 0 bridgehead atoms. The quantitative estimate of drug-likeness (QED) is 0.586. The monoisotopic (exact) mass is 375 g/mol. The van der Waals surface area contributed by atoms with Gasteiger partial charge in [0.2, 0.25) is 0 Å². The van der Waals surface area contributed by atoms with Crippen molar-refractivity contribution in [3.8, 4) is 11.1 Å². The van der Waals surface area contributed by atoms with Crippen LogP contribution in [0.4, 0.5) is 10.5 Å². The van der Waals surface area contributed by atoms with Gasteiger partial charge in [-0.15, -0.1) is 0 Å². The Morgan fingerprint density at radius 3 is 2.68 bits per heavy atom. The number of carbonyl (C=O) groups is 1. The van der Waals surface area contributed by atoms with Crippen LogP contribution in [0.15, 0.2) is 54.6 Å². The Kier molecular flexibility index (Phi) is 5.26. The molecular formula is C23H25N3O2. The van der Waals surface area contributed by atoms with Crippen LogP contribution in [-0.4, -0.2) is 28.8 Å². The highest BCUT2D eigenvalue weighted by molar-refractivity contribution is 5.94. The molecule has 1 unspecified atom stereocenters. The molecule has 1 atom stereocenters. The number of aromatic nitrogens is 1. The van der Waals surface area contributed by atoms with Gasteiger partial charge in [0.1, 0.15) is 0 Å². The zero-order valence-corrected chi connectivity index (χ0v) is 16.0. The average molecular weight is 375 g/mol. The molecule has 2 amide bonds. The highest BCUT2D eigenvalue weighted by Crippen LogP contribution is 2.44. The van der Waals surface area contributed by atoms with Crippen LogP contribution >= 0.6 is 0 Å². The number of anilines is 1. The largest absolute Gasteiger partial charge is 0.391 e. The second kappa shape index (κ2) is 7.98. The standard InChI is InChI=1S/C23H25N3O2/c1-2-19(27)14-24-23(28)25-18-10-11-21-17(12-18)13-20(15-6-4-3-5-7-15)22(26-21)16-8-9-16/h3-7,10-13,16,19,27H,2,8-9,14H2,1H3,(H2,24,25,28). The number of nitrogens with zero attached hydrogens (tertiary/aromatic N) is 1. The number of aliphatic hydroxyl groups excluding tert-OH is 1. The van der Waals surface area contributed by atoms with Gasteiger partial charge < -0.3 is 15.7 Å². The Bertz CT molecular complexity index is 984. The number of fused-ring (bicyclic) bond motifs is 1. The van der Waals surface area contributed by atoms with E-state index >= 15 is 0 Å². The first-order valence-electron chi connectivity index (χ1n) is 9.87. The van der Waals surface area contributed by atoms with Gasteiger partial charge in [-0.2, -0.15) is 0 Å².